The van der Waals surface area contributed by atoms with Gasteiger partial charge in [-0.3, -0.25) is 0 Å². The number of carboxylic acids is 1. The summed E-state index contributed by atoms with van der Waals surface area (Å²) in [7, 11) is -3.68. The summed E-state index contributed by atoms with van der Waals surface area (Å²) in [6.45, 7) is 2.73. The summed E-state index contributed by atoms with van der Waals surface area (Å²) in [4.78, 5) is 11.4. The Bertz CT molecular complexity index is 762. The van der Waals surface area contributed by atoms with Crippen molar-refractivity contribution in [3.8, 4) is 0 Å². The summed E-state index contributed by atoms with van der Waals surface area (Å²) in [6, 6.07) is 2.34. The molecule has 1 N–H and O–H groups in total. The SMILES string of the molecule is CCN(CC1CC1)S(=O)(=O)N1CCc2c(F)ccc(C(=O)O)c2C1. The third-order valence-electron chi connectivity index (χ3n) is 4.71. The molecule has 2 aliphatic rings. The molecule has 0 unspecified atom stereocenters. The maximum Gasteiger partial charge on any atom is 0.336 e. The van der Waals surface area contributed by atoms with Crippen molar-refractivity contribution < 1.29 is 22.7 Å². The van der Waals surface area contributed by atoms with E-state index in [1.807, 2.05) is 0 Å². The number of carboxylic acid groups (broad SMARTS) is 1. The third-order valence-corrected chi connectivity index (χ3v) is 6.74. The van der Waals surface area contributed by atoms with E-state index in [1.54, 1.807) is 6.92 Å². The molecule has 1 fully saturated rings. The second-order valence-corrected chi connectivity index (χ2v) is 8.27. The van der Waals surface area contributed by atoms with E-state index in [1.165, 1.54) is 14.7 Å². The van der Waals surface area contributed by atoms with Gasteiger partial charge in [-0.25, -0.2) is 9.18 Å². The maximum atomic E-state index is 14.0. The fourth-order valence-corrected chi connectivity index (χ4v) is 4.81. The third kappa shape index (κ3) is 3.18. The van der Waals surface area contributed by atoms with E-state index in [9.17, 15) is 22.7 Å². The molecule has 3 rings (SSSR count). The van der Waals surface area contributed by atoms with E-state index in [4.69, 9.17) is 0 Å². The highest BCUT2D eigenvalue weighted by Crippen LogP contribution is 2.32. The van der Waals surface area contributed by atoms with Gasteiger partial charge in [0.2, 0.25) is 0 Å². The van der Waals surface area contributed by atoms with Crippen LogP contribution in [-0.4, -0.2) is 47.7 Å². The van der Waals surface area contributed by atoms with Gasteiger partial charge in [-0.15, -0.1) is 0 Å². The number of nitrogens with zero attached hydrogens (tertiary/aromatic N) is 2. The molecule has 0 atom stereocenters. The largest absolute Gasteiger partial charge is 0.478 e. The lowest BCUT2D eigenvalue weighted by atomic mass is 9.95. The molecule has 0 aromatic heterocycles. The van der Waals surface area contributed by atoms with Gasteiger partial charge < -0.3 is 5.11 Å². The zero-order valence-electron chi connectivity index (χ0n) is 13.5. The lowest BCUT2D eigenvalue weighted by Crippen LogP contribution is -2.46. The standard InChI is InChI=1S/C16H21FN2O4S/c1-2-18(9-11-3-4-11)24(22,23)19-8-7-12-14(10-19)13(16(20)21)5-6-15(12)17/h5-6,11H,2-4,7-10H2,1H3,(H,20,21). The lowest BCUT2D eigenvalue weighted by Gasteiger charge is -2.33. The maximum absolute atomic E-state index is 14.0. The van der Waals surface area contributed by atoms with Crippen LogP contribution < -0.4 is 0 Å². The van der Waals surface area contributed by atoms with E-state index in [0.717, 1.165) is 18.9 Å². The summed E-state index contributed by atoms with van der Waals surface area (Å²) in [6.07, 6.45) is 2.27. The second kappa shape index (κ2) is 6.42. The van der Waals surface area contributed by atoms with Crippen molar-refractivity contribution >= 4 is 16.2 Å². The number of hydrogen-bond donors (Lipinski definition) is 1. The van der Waals surface area contributed by atoms with Crippen molar-refractivity contribution in [1.29, 1.82) is 0 Å². The first-order valence-corrected chi connectivity index (χ1v) is 9.53. The number of benzene rings is 1. The molecule has 0 saturated heterocycles. The van der Waals surface area contributed by atoms with Crippen LogP contribution in [0.2, 0.25) is 0 Å². The van der Waals surface area contributed by atoms with E-state index in [2.05, 4.69) is 0 Å². The number of hydrogen-bond acceptors (Lipinski definition) is 3. The van der Waals surface area contributed by atoms with Gasteiger partial charge in [0.15, 0.2) is 0 Å². The molecule has 1 saturated carbocycles. The molecular weight excluding hydrogens is 335 g/mol. The van der Waals surface area contributed by atoms with Gasteiger partial charge in [0.1, 0.15) is 5.82 Å². The summed E-state index contributed by atoms with van der Waals surface area (Å²) in [5.74, 6) is -1.22. The summed E-state index contributed by atoms with van der Waals surface area (Å²) in [5.41, 5.74) is 0.544. The van der Waals surface area contributed by atoms with Crippen molar-refractivity contribution in [1.82, 2.24) is 8.61 Å². The minimum atomic E-state index is -3.68. The van der Waals surface area contributed by atoms with Crippen molar-refractivity contribution in [3.05, 3.63) is 34.6 Å². The molecule has 0 bridgehead atoms. The Balaban J connectivity index is 1.90. The van der Waals surface area contributed by atoms with Crippen LogP contribution in [0.5, 0.6) is 0 Å². The van der Waals surface area contributed by atoms with Gasteiger partial charge >= 0.3 is 5.97 Å². The van der Waals surface area contributed by atoms with Crippen molar-refractivity contribution in [2.45, 2.75) is 32.7 Å². The number of fused-ring (bicyclic) bond motifs is 1. The number of aromatic carboxylic acids is 1. The average molecular weight is 356 g/mol. The first-order chi connectivity index (χ1) is 11.3. The minimum Gasteiger partial charge on any atom is -0.478 e. The predicted molar refractivity (Wildman–Crippen MR) is 86.4 cm³/mol. The molecule has 6 nitrogen and oxygen atoms in total. The van der Waals surface area contributed by atoms with Gasteiger partial charge in [-0.05, 0) is 48.4 Å². The Labute approximate surface area is 141 Å². The fourth-order valence-electron chi connectivity index (χ4n) is 3.14. The number of rotatable bonds is 6. The van der Waals surface area contributed by atoms with Crippen LogP contribution in [0.25, 0.3) is 0 Å². The molecule has 0 amide bonds. The molecule has 1 aromatic rings. The quantitative estimate of drug-likeness (QED) is 0.844. The van der Waals surface area contributed by atoms with Crippen molar-refractivity contribution in [2.24, 2.45) is 5.92 Å². The van der Waals surface area contributed by atoms with Gasteiger partial charge in [-0.2, -0.15) is 17.0 Å². The first kappa shape index (κ1) is 17.3. The van der Waals surface area contributed by atoms with Gasteiger partial charge in [0.25, 0.3) is 10.2 Å². The molecule has 132 valence electrons. The molecule has 1 aromatic carbocycles. The topological polar surface area (TPSA) is 77.9 Å². The van der Waals surface area contributed by atoms with Crippen LogP contribution >= 0.6 is 0 Å². The van der Waals surface area contributed by atoms with E-state index in [0.29, 0.717) is 24.6 Å². The first-order valence-electron chi connectivity index (χ1n) is 8.13. The summed E-state index contributed by atoms with van der Waals surface area (Å²) in [5, 5.41) is 9.30. The van der Waals surface area contributed by atoms with Crippen LogP contribution in [0.15, 0.2) is 12.1 Å². The van der Waals surface area contributed by atoms with Crippen LogP contribution in [0.3, 0.4) is 0 Å². The van der Waals surface area contributed by atoms with Crippen molar-refractivity contribution in [2.75, 3.05) is 19.6 Å². The molecule has 8 heteroatoms. The summed E-state index contributed by atoms with van der Waals surface area (Å²) >= 11 is 0. The zero-order valence-corrected chi connectivity index (χ0v) is 14.4. The highest BCUT2D eigenvalue weighted by molar-refractivity contribution is 7.86. The Morgan fingerprint density at radius 3 is 2.67 bits per heavy atom. The van der Waals surface area contributed by atoms with Crippen LogP contribution in [0.1, 0.15) is 41.3 Å². The molecule has 1 heterocycles. The van der Waals surface area contributed by atoms with E-state index >= 15 is 0 Å². The Morgan fingerprint density at radius 1 is 1.38 bits per heavy atom. The van der Waals surface area contributed by atoms with Crippen LogP contribution in [0, 0.1) is 11.7 Å². The lowest BCUT2D eigenvalue weighted by molar-refractivity contribution is 0.0694. The van der Waals surface area contributed by atoms with Gasteiger partial charge in [-0.1, -0.05) is 6.92 Å². The van der Waals surface area contributed by atoms with Crippen LogP contribution in [0.4, 0.5) is 4.39 Å². The number of halogens is 1. The molecule has 1 aliphatic heterocycles. The Morgan fingerprint density at radius 2 is 2.08 bits per heavy atom. The van der Waals surface area contributed by atoms with Crippen LogP contribution in [-0.2, 0) is 23.2 Å². The molecule has 0 spiro atoms. The summed E-state index contributed by atoms with van der Waals surface area (Å²) < 4.78 is 42.4. The minimum absolute atomic E-state index is 0.0310. The smallest absolute Gasteiger partial charge is 0.336 e. The van der Waals surface area contributed by atoms with E-state index in [-0.39, 0.29) is 30.6 Å². The Kier molecular flexibility index (Phi) is 4.63. The zero-order chi connectivity index (χ0) is 17.5. The Hall–Kier alpha value is -1.51. The molecule has 24 heavy (non-hydrogen) atoms. The van der Waals surface area contributed by atoms with Crippen molar-refractivity contribution in [3.63, 3.8) is 0 Å². The second-order valence-electron chi connectivity index (χ2n) is 6.34. The number of carbonyl (C=O) groups is 1. The highest BCUT2D eigenvalue weighted by Gasteiger charge is 2.36. The monoisotopic (exact) mass is 356 g/mol. The highest BCUT2D eigenvalue weighted by atomic mass is 32.2. The normalized spacial score (nSPS) is 18.6. The van der Waals surface area contributed by atoms with Gasteiger partial charge in [0.05, 0.1) is 5.56 Å². The average Bonchev–Trinajstić information content (AvgIpc) is 3.36. The molecular formula is C16H21FN2O4S. The fraction of sp³-hybridized carbons (Fsp3) is 0.562. The predicted octanol–water partition coefficient (Wildman–Crippen LogP) is 1.86. The molecule has 1 aliphatic carbocycles. The molecule has 0 radical (unpaired) electrons. The van der Waals surface area contributed by atoms with E-state index < -0.39 is 22.0 Å². The van der Waals surface area contributed by atoms with Gasteiger partial charge in [0, 0.05) is 26.2 Å².